The average Bonchev–Trinajstić information content (AvgIpc) is 3.14. The van der Waals surface area contributed by atoms with Crippen molar-refractivity contribution in [2.24, 2.45) is 0 Å². The second-order valence-electron chi connectivity index (χ2n) is 5.82. The third-order valence-electron chi connectivity index (χ3n) is 3.88. The van der Waals surface area contributed by atoms with E-state index in [0.717, 1.165) is 41.9 Å². The number of hydrogen-bond acceptors (Lipinski definition) is 4. The minimum atomic E-state index is -0.111. The van der Waals surface area contributed by atoms with Crippen LogP contribution in [0.5, 0.6) is 0 Å². The number of unbranched alkanes of at least 4 members (excludes halogenated alkanes) is 1. The van der Waals surface area contributed by atoms with Gasteiger partial charge in [-0.25, -0.2) is 4.98 Å². The van der Waals surface area contributed by atoms with Gasteiger partial charge in [-0.1, -0.05) is 36.4 Å². The van der Waals surface area contributed by atoms with E-state index in [0.29, 0.717) is 12.2 Å². The molecule has 0 saturated carbocycles. The lowest BCUT2D eigenvalue weighted by Gasteiger charge is -2.03. The van der Waals surface area contributed by atoms with E-state index in [4.69, 9.17) is 0 Å². The zero-order valence-corrected chi connectivity index (χ0v) is 14.8. The monoisotopic (exact) mass is 351 g/mol. The molecule has 5 heteroatoms. The van der Waals surface area contributed by atoms with Crippen LogP contribution < -0.4 is 5.32 Å². The molecule has 0 radical (unpaired) electrons. The van der Waals surface area contributed by atoms with Gasteiger partial charge in [-0.15, -0.1) is 11.3 Å². The summed E-state index contributed by atoms with van der Waals surface area (Å²) in [4.78, 5) is 21.0. The molecule has 2 heterocycles. The van der Waals surface area contributed by atoms with E-state index in [1.807, 2.05) is 54.0 Å². The lowest BCUT2D eigenvalue weighted by molar-refractivity contribution is 0.0946. The number of carbonyl (C=O) groups excluding carboxylic acids is 1. The highest BCUT2D eigenvalue weighted by Crippen LogP contribution is 2.14. The van der Waals surface area contributed by atoms with Crippen LogP contribution in [0.4, 0.5) is 0 Å². The van der Waals surface area contributed by atoms with Gasteiger partial charge in [0.1, 0.15) is 5.69 Å². The van der Waals surface area contributed by atoms with Crippen LogP contribution >= 0.6 is 11.3 Å². The minimum absolute atomic E-state index is 0.111. The van der Waals surface area contributed by atoms with Crippen LogP contribution in [-0.2, 0) is 19.4 Å². The van der Waals surface area contributed by atoms with Crippen molar-refractivity contribution in [1.29, 1.82) is 0 Å². The van der Waals surface area contributed by atoms with E-state index in [2.05, 4.69) is 21.4 Å². The Labute approximate surface area is 152 Å². The van der Waals surface area contributed by atoms with Gasteiger partial charge in [-0.05, 0) is 43.4 Å². The summed E-state index contributed by atoms with van der Waals surface area (Å²) in [5.41, 5.74) is 2.73. The highest BCUT2D eigenvalue weighted by molar-refractivity contribution is 7.09. The Morgan fingerprint density at radius 3 is 2.60 bits per heavy atom. The van der Waals surface area contributed by atoms with Gasteiger partial charge in [0.25, 0.3) is 5.91 Å². The Hall–Kier alpha value is -2.53. The van der Waals surface area contributed by atoms with Gasteiger partial charge in [0.05, 0.1) is 5.01 Å². The summed E-state index contributed by atoms with van der Waals surface area (Å²) in [6.45, 7) is 0.524. The first-order chi connectivity index (χ1) is 12.3. The first-order valence-corrected chi connectivity index (χ1v) is 9.35. The molecular weight excluding hydrogens is 330 g/mol. The van der Waals surface area contributed by atoms with Crippen molar-refractivity contribution in [3.8, 4) is 0 Å². The molecule has 0 bridgehead atoms. The van der Waals surface area contributed by atoms with Crippen LogP contribution in [-0.4, -0.2) is 15.9 Å². The molecule has 1 amide bonds. The normalized spacial score (nSPS) is 10.6. The Morgan fingerprint density at radius 2 is 1.80 bits per heavy atom. The number of nitrogens with one attached hydrogen (secondary N) is 1. The number of nitrogens with zero attached hydrogens (tertiary/aromatic N) is 2. The van der Waals surface area contributed by atoms with Crippen molar-refractivity contribution in [2.45, 2.75) is 32.2 Å². The molecule has 1 N–H and O–H groups in total. The average molecular weight is 351 g/mol. The fourth-order valence-corrected chi connectivity index (χ4v) is 3.35. The quantitative estimate of drug-likeness (QED) is 0.623. The molecule has 1 aromatic carbocycles. The minimum Gasteiger partial charge on any atom is -0.347 e. The molecule has 3 aromatic rings. The van der Waals surface area contributed by atoms with Crippen LogP contribution in [0.3, 0.4) is 0 Å². The Balaban J connectivity index is 1.41. The molecule has 0 spiro atoms. The van der Waals surface area contributed by atoms with Crippen LogP contribution in [0.1, 0.15) is 39.6 Å². The lowest BCUT2D eigenvalue weighted by atomic mass is 10.1. The summed E-state index contributed by atoms with van der Waals surface area (Å²) in [6, 6.07) is 15.9. The van der Waals surface area contributed by atoms with Crippen LogP contribution in [0.2, 0.25) is 0 Å². The third-order valence-corrected chi connectivity index (χ3v) is 4.79. The number of aryl methyl sites for hydroxylation is 2. The van der Waals surface area contributed by atoms with Gasteiger partial charge in [0.2, 0.25) is 0 Å². The maximum absolute atomic E-state index is 12.2. The van der Waals surface area contributed by atoms with Gasteiger partial charge in [0, 0.05) is 23.8 Å². The molecule has 0 aliphatic carbocycles. The highest BCUT2D eigenvalue weighted by Gasteiger charge is 2.10. The fourth-order valence-electron chi connectivity index (χ4n) is 2.53. The van der Waals surface area contributed by atoms with Crippen molar-refractivity contribution >= 4 is 17.2 Å². The zero-order valence-electron chi connectivity index (χ0n) is 14.0. The van der Waals surface area contributed by atoms with Gasteiger partial charge >= 0.3 is 0 Å². The van der Waals surface area contributed by atoms with E-state index in [1.54, 1.807) is 11.3 Å². The molecule has 0 fully saturated rings. The summed E-state index contributed by atoms with van der Waals surface area (Å²) in [6.07, 6.45) is 5.85. The van der Waals surface area contributed by atoms with Gasteiger partial charge in [-0.3, -0.25) is 9.78 Å². The number of aromatic nitrogens is 2. The Kier molecular flexibility index (Phi) is 6.29. The largest absolute Gasteiger partial charge is 0.347 e. The van der Waals surface area contributed by atoms with Crippen LogP contribution in [0.25, 0.3) is 0 Å². The maximum Gasteiger partial charge on any atom is 0.271 e. The van der Waals surface area contributed by atoms with Crippen molar-refractivity contribution in [1.82, 2.24) is 15.3 Å². The highest BCUT2D eigenvalue weighted by atomic mass is 32.1. The van der Waals surface area contributed by atoms with Crippen molar-refractivity contribution in [2.75, 3.05) is 0 Å². The van der Waals surface area contributed by atoms with Crippen molar-refractivity contribution in [3.05, 3.63) is 82.1 Å². The molecule has 3 rings (SSSR count). The first-order valence-electron chi connectivity index (χ1n) is 8.48. The fraction of sp³-hybridized carbons (Fsp3) is 0.250. The number of benzene rings is 1. The number of carbonyl (C=O) groups is 1. The zero-order chi connectivity index (χ0) is 17.3. The molecular formula is C20H21N3OS. The topological polar surface area (TPSA) is 54.9 Å². The SMILES string of the molecule is O=C(NCc1ccccc1)c1csc(CCCCc2ccccn2)n1. The molecule has 0 saturated heterocycles. The molecule has 2 aromatic heterocycles. The number of pyridine rings is 1. The maximum atomic E-state index is 12.2. The second-order valence-corrected chi connectivity index (χ2v) is 6.77. The number of thiazole rings is 1. The van der Waals surface area contributed by atoms with E-state index in [9.17, 15) is 4.79 Å². The molecule has 25 heavy (non-hydrogen) atoms. The summed E-state index contributed by atoms with van der Waals surface area (Å²) in [7, 11) is 0. The second kappa shape index (κ2) is 9.08. The van der Waals surface area contributed by atoms with E-state index < -0.39 is 0 Å². The summed E-state index contributed by atoms with van der Waals surface area (Å²) >= 11 is 1.56. The Morgan fingerprint density at radius 1 is 1.00 bits per heavy atom. The molecule has 0 aliphatic heterocycles. The van der Waals surface area contributed by atoms with Gasteiger partial charge < -0.3 is 5.32 Å². The van der Waals surface area contributed by atoms with Crippen molar-refractivity contribution < 1.29 is 4.79 Å². The number of rotatable bonds is 8. The standard InChI is InChI=1S/C20H21N3OS/c24-20(22-14-16-8-2-1-3-9-16)18-15-25-19(23-18)12-5-4-10-17-11-6-7-13-21-17/h1-3,6-9,11,13,15H,4-5,10,12,14H2,(H,22,24). The van der Waals surface area contributed by atoms with Crippen LogP contribution in [0, 0.1) is 0 Å². The molecule has 0 aliphatic rings. The van der Waals surface area contributed by atoms with E-state index in [-0.39, 0.29) is 5.91 Å². The predicted octanol–water partition coefficient (Wildman–Crippen LogP) is 4.03. The van der Waals surface area contributed by atoms with Crippen molar-refractivity contribution in [3.63, 3.8) is 0 Å². The van der Waals surface area contributed by atoms with E-state index in [1.165, 1.54) is 0 Å². The molecule has 4 nitrogen and oxygen atoms in total. The predicted molar refractivity (Wildman–Crippen MR) is 101 cm³/mol. The summed E-state index contributed by atoms with van der Waals surface area (Å²) < 4.78 is 0. The first kappa shape index (κ1) is 17.3. The van der Waals surface area contributed by atoms with E-state index >= 15 is 0 Å². The molecule has 0 unspecified atom stereocenters. The lowest BCUT2D eigenvalue weighted by Crippen LogP contribution is -2.23. The Bertz CT molecular complexity index is 787. The number of amides is 1. The molecule has 128 valence electrons. The number of hydrogen-bond donors (Lipinski definition) is 1. The van der Waals surface area contributed by atoms with Crippen LogP contribution in [0.15, 0.2) is 60.1 Å². The molecule has 0 atom stereocenters. The smallest absolute Gasteiger partial charge is 0.271 e. The summed E-state index contributed by atoms with van der Waals surface area (Å²) in [5.74, 6) is -0.111. The third kappa shape index (κ3) is 5.50. The van der Waals surface area contributed by atoms with Gasteiger partial charge in [-0.2, -0.15) is 0 Å². The summed E-state index contributed by atoms with van der Waals surface area (Å²) in [5, 5.41) is 5.78. The van der Waals surface area contributed by atoms with Gasteiger partial charge in [0.15, 0.2) is 0 Å².